The molecule has 0 aromatic rings. The van der Waals surface area contributed by atoms with Crippen LogP contribution in [0.25, 0.3) is 0 Å². The van der Waals surface area contributed by atoms with Gasteiger partial charge in [0.15, 0.2) is 0 Å². The second-order valence-electron chi connectivity index (χ2n) is 7.23. The van der Waals surface area contributed by atoms with Gasteiger partial charge in [-0.15, -0.1) is 0 Å². The molecule has 2 aliphatic heterocycles. The summed E-state index contributed by atoms with van der Waals surface area (Å²) in [5.74, 6) is 1.23. The van der Waals surface area contributed by atoms with Gasteiger partial charge in [-0.3, -0.25) is 14.5 Å². The third-order valence-electron chi connectivity index (χ3n) is 5.32. The Morgan fingerprint density at radius 3 is 2.79 bits per heavy atom. The van der Waals surface area contributed by atoms with Crippen molar-refractivity contribution in [2.24, 2.45) is 10.9 Å². The summed E-state index contributed by atoms with van der Waals surface area (Å²) in [4.78, 5) is 33.3. The minimum atomic E-state index is -0.363. The number of amides is 2. The van der Waals surface area contributed by atoms with Crippen molar-refractivity contribution in [2.75, 3.05) is 26.7 Å². The number of aliphatic imine (C=N–C) groups is 1. The van der Waals surface area contributed by atoms with Gasteiger partial charge in [-0.25, -0.2) is 4.99 Å². The van der Waals surface area contributed by atoms with E-state index >= 15 is 0 Å². The van der Waals surface area contributed by atoms with Crippen molar-refractivity contribution in [3.63, 3.8) is 0 Å². The Morgan fingerprint density at radius 2 is 2.12 bits per heavy atom. The number of nitrogens with zero attached hydrogens (tertiary/aromatic N) is 3. The molecule has 1 atom stereocenters. The van der Waals surface area contributed by atoms with Crippen LogP contribution < -0.4 is 5.32 Å². The van der Waals surface area contributed by atoms with E-state index in [1.54, 1.807) is 11.1 Å². The van der Waals surface area contributed by atoms with E-state index in [2.05, 4.69) is 10.3 Å². The number of amidine groups is 1. The Kier molecular flexibility index (Phi) is 5.66. The van der Waals surface area contributed by atoms with Crippen LogP contribution in [0, 0.1) is 5.92 Å². The first kappa shape index (κ1) is 17.1. The van der Waals surface area contributed by atoms with Crippen LogP contribution in [0.15, 0.2) is 17.3 Å². The molecule has 2 fully saturated rings. The van der Waals surface area contributed by atoms with Gasteiger partial charge in [-0.2, -0.15) is 0 Å². The fraction of sp³-hybridized carbons (Fsp3) is 0.722. The number of carbonyl (C=O) groups is 2. The molecule has 1 aliphatic carbocycles. The largest absolute Gasteiger partial charge is 0.328 e. The molecule has 6 nitrogen and oxygen atoms in total. The van der Waals surface area contributed by atoms with Gasteiger partial charge in [-0.1, -0.05) is 38.2 Å². The fourth-order valence-electron chi connectivity index (χ4n) is 3.92. The summed E-state index contributed by atoms with van der Waals surface area (Å²) in [6.45, 7) is 1.85. The van der Waals surface area contributed by atoms with Crippen molar-refractivity contribution in [1.29, 1.82) is 0 Å². The van der Waals surface area contributed by atoms with Crippen molar-refractivity contribution in [1.82, 2.24) is 15.1 Å². The lowest BCUT2D eigenvalue weighted by molar-refractivity contribution is -0.144. The molecular weight excluding hydrogens is 304 g/mol. The van der Waals surface area contributed by atoms with Gasteiger partial charge in [0.1, 0.15) is 11.9 Å². The van der Waals surface area contributed by atoms with Crippen molar-refractivity contribution in [2.45, 2.75) is 51.0 Å². The van der Waals surface area contributed by atoms with Crippen LogP contribution in [0.5, 0.6) is 0 Å². The Morgan fingerprint density at radius 1 is 1.33 bits per heavy atom. The smallest absolute Gasteiger partial charge is 0.248 e. The van der Waals surface area contributed by atoms with E-state index < -0.39 is 0 Å². The van der Waals surface area contributed by atoms with Gasteiger partial charge >= 0.3 is 0 Å². The summed E-state index contributed by atoms with van der Waals surface area (Å²) in [6, 6.07) is -0.363. The summed E-state index contributed by atoms with van der Waals surface area (Å²) in [7, 11) is 1.95. The van der Waals surface area contributed by atoms with Crippen LogP contribution in [-0.2, 0) is 9.59 Å². The van der Waals surface area contributed by atoms with E-state index in [0.29, 0.717) is 31.3 Å². The highest BCUT2D eigenvalue weighted by molar-refractivity contribution is 6.03. The molecule has 132 valence electrons. The third kappa shape index (κ3) is 4.23. The number of hydrogen-bond acceptors (Lipinski definition) is 4. The zero-order chi connectivity index (χ0) is 16.9. The molecule has 0 bridgehead atoms. The van der Waals surface area contributed by atoms with Gasteiger partial charge in [0.2, 0.25) is 11.8 Å². The summed E-state index contributed by atoms with van der Waals surface area (Å²) >= 11 is 0. The Balaban J connectivity index is 1.69. The molecule has 3 rings (SSSR count). The predicted octanol–water partition coefficient (Wildman–Crippen LogP) is 1.53. The molecule has 0 aromatic carbocycles. The summed E-state index contributed by atoms with van der Waals surface area (Å²) in [5, 5.41) is 2.94. The van der Waals surface area contributed by atoms with Gasteiger partial charge in [0, 0.05) is 25.7 Å². The first-order chi connectivity index (χ1) is 11.6. The average molecular weight is 332 g/mol. The van der Waals surface area contributed by atoms with Crippen LogP contribution in [0.1, 0.15) is 44.9 Å². The SMILES string of the molecule is CN1CCN([C@@H](CC2CCCCC2)C(=O)NC2=NC=CC2)C(=O)C1. The van der Waals surface area contributed by atoms with Crippen molar-refractivity contribution in [3.05, 3.63) is 12.3 Å². The molecule has 0 spiro atoms. The highest BCUT2D eigenvalue weighted by Crippen LogP contribution is 2.29. The third-order valence-corrected chi connectivity index (χ3v) is 5.32. The maximum atomic E-state index is 12.9. The topological polar surface area (TPSA) is 65.0 Å². The number of nitrogens with one attached hydrogen (secondary N) is 1. The molecule has 1 N–H and O–H groups in total. The van der Waals surface area contributed by atoms with Gasteiger partial charge in [-0.05, 0) is 19.4 Å². The van der Waals surface area contributed by atoms with Crippen molar-refractivity contribution < 1.29 is 9.59 Å². The molecule has 2 amide bonds. The standard InChI is InChI=1S/C18H28N4O2/c1-21-10-11-22(17(23)13-21)15(12-14-6-3-2-4-7-14)18(24)20-16-8-5-9-19-16/h5,9,14-15H,2-4,6-8,10-13H2,1H3,(H,19,20,24)/t15-/m0/s1. The minimum Gasteiger partial charge on any atom is -0.328 e. The average Bonchev–Trinajstić information content (AvgIpc) is 3.07. The second kappa shape index (κ2) is 7.92. The summed E-state index contributed by atoms with van der Waals surface area (Å²) < 4.78 is 0. The maximum absolute atomic E-state index is 12.9. The first-order valence-electron chi connectivity index (χ1n) is 9.14. The van der Waals surface area contributed by atoms with Crippen LogP contribution >= 0.6 is 0 Å². The monoisotopic (exact) mass is 332 g/mol. The number of hydrogen-bond donors (Lipinski definition) is 1. The van der Waals surface area contributed by atoms with E-state index in [9.17, 15) is 9.59 Å². The molecule has 0 radical (unpaired) electrons. The molecule has 2 heterocycles. The molecule has 1 saturated heterocycles. The van der Waals surface area contributed by atoms with E-state index in [1.165, 1.54) is 32.1 Å². The molecule has 3 aliphatic rings. The predicted molar refractivity (Wildman–Crippen MR) is 93.5 cm³/mol. The number of piperazine rings is 1. The van der Waals surface area contributed by atoms with E-state index in [1.807, 2.05) is 18.0 Å². The number of rotatable bonds is 4. The summed E-state index contributed by atoms with van der Waals surface area (Å²) in [5.41, 5.74) is 0. The lowest BCUT2D eigenvalue weighted by Crippen LogP contribution is -2.58. The lowest BCUT2D eigenvalue weighted by atomic mass is 9.84. The van der Waals surface area contributed by atoms with Crippen LogP contribution in [0.2, 0.25) is 0 Å². The van der Waals surface area contributed by atoms with E-state index in [0.717, 1.165) is 13.0 Å². The van der Waals surface area contributed by atoms with Crippen molar-refractivity contribution >= 4 is 17.6 Å². The Hall–Kier alpha value is -1.69. The molecular formula is C18H28N4O2. The van der Waals surface area contributed by atoms with E-state index in [4.69, 9.17) is 0 Å². The molecule has 0 aromatic heterocycles. The van der Waals surface area contributed by atoms with Crippen LogP contribution in [-0.4, -0.2) is 60.2 Å². The first-order valence-corrected chi connectivity index (χ1v) is 9.14. The Labute approximate surface area is 144 Å². The van der Waals surface area contributed by atoms with E-state index in [-0.39, 0.29) is 17.9 Å². The summed E-state index contributed by atoms with van der Waals surface area (Å²) in [6.07, 6.45) is 11.2. The maximum Gasteiger partial charge on any atom is 0.248 e. The zero-order valence-electron chi connectivity index (χ0n) is 14.5. The molecule has 0 unspecified atom stereocenters. The van der Waals surface area contributed by atoms with Gasteiger partial charge in [0.05, 0.1) is 6.54 Å². The lowest BCUT2D eigenvalue weighted by Gasteiger charge is -2.38. The highest BCUT2D eigenvalue weighted by Gasteiger charge is 2.35. The Bertz CT molecular complexity index is 537. The number of likely N-dealkylation sites (N-methyl/N-ethyl adjacent to an activating group) is 1. The van der Waals surface area contributed by atoms with Crippen LogP contribution in [0.3, 0.4) is 0 Å². The highest BCUT2D eigenvalue weighted by atomic mass is 16.2. The second-order valence-corrected chi connectivity index (χ2v) is 7.23. The molecule has 24 heavy (non-hydrogen) atoms. The fourth-order valence-corrected chi connectivity index (χ4v) is 3.92. The zero-order valence-corrected chi connectivity index (χ0v) is 14.5. The number of carbonyl (C=O) groups excluding carboxylic acids is 2. The normalized spacial score (nSPS) is 24.1. The van der Waals surface area contributed by atoms with Crippen molar-refractivity contribution in [3.8, 4) is 0 Å². The quantitative estimate of drug-likeness (QED) is 0.849. The van der Waals surface area contributed by atoms with Gasteiger partial charge in [0.25, 0.3) is 0 Å². The van der Waals surface area contributed by atoms with Gasteiger partial charge < -0.3 is 10.2 Å². The van der Waals surface area contributed by atoms with Crippen LogP contribution in [0.4, 0.5) is 0 Å². The molecule has 6 heteroatoms. The molecule has 1 saturated carbocycles. The minimum absolute atomic E-state index is 0.0613.